The van der Waals surface area contributed by atoms with Crippen LogP contribution in [-0.4, -0.2) is 37.5 Å². The fourth-order valence-electron chi connectivity index (χ4n) is 6.54. The molecule has 35 heavy (non-hydrogen) atoms. The molecule has 2 aliphatic carbocycles. The number of esters is 1. The van der Waals surface area contributed by atoms with Crippen LogP contribution in [0.3, 0.4) is 0 Å². The Morgan fingerprint density at radius 3 is 2.31 bits per heavy atom. The third-order valence-corrected chi connectivity index (χ3v) is 8.23. The lowest BCUT2D eigenvalue weighted by atomic mass is 9.49. The molecular weight excluding hydrogens is 442 g/mol. The molecule has 0 amide bonds. The summed E-state index contributed by atoms with van der Waals surface area (Å²) >= 11 is 0. The first kappa shape index (κ1) is 25.3. The molecule has 6 heteroatoms. The maximum atomic E-state index is 13.2. The zero-order chi connectivity index (χ0) is 25.5. The van der Waals surface area contributed by atoms with Crippen LogP contribution in [0.2, 0.25) is 0 Å². The monoisotopic (exact) mass is 479 g/mol. The van der Waals surface area contributed by atoms with Gasteiger partial charge in [0.05, 0.1) is 20.3 Å². The van der Waals surface area contributed by atoms with Crippen molar-refractivity contribution in [2.45, 2.75) is 64.2 Å². The van der Waals surface area contributed by atoms with Crippen molar-refractivity contribution in [1.29, 1.82) is 0 Å². The van der Waals surface area contributed by atoms with Crippen LogP contribution in [0, 0.1) is 11.3 Å². The highest BCUT2D eigenvalue weighted by Crippen LogP contribution is 2.60. The number of benzene rings is 2. The number of ether oxygens (including phenoxy) is 3. The van der Waals surface area contributed by atoms with Gasteiger partial charge in [-0.05, 0) is 54.4 Å². The molecule has 0 saturated carbocycles. The number of aliphatic hydroxyl groups is 1. The second kappa shape index (κ2) is 9.32. The number of allylic oxidation sites excluding steroid dienone is 1. The van der Waals surface area contributed by atoms with Gasteiger partial charge in [0.15, 0.2) is 6.10 Å². The Balaban J connectivity index is 1.71. The van der Waals surface area contributed by atoms with E-state index in [9.17, 15) is 9.90 Å². The maximum absolute atomic E-state index is 13.2. The summed E-state index contributed by atoms with van der Waals surface area (Å²) < 4.78 is 17.6. The summed E-state index contributed by atoms with van der Waals surface area (Å²) in [5, 5.41) is 10.8. The number of carbonyl (C=O) groups excluding carboxylic acids is 1. The van der Waals surface area contributed by atoms with Crippen LogP contribution in [0.5, 0.6) is 11.5 Å². The Bertz CT molecular complexity index is 1130. The van der Waals surface area contributed by atoms with Crippen molar-refractivity contribution in [3.8, 4) is 11.5 Å². The van der Waals surface area contributed by atoms with Crippen molar-refractivity contribution in [3.05, 3.63) is 70.8 Å². The van der Waals surface area contributed by atoms with Gasteiger partial charge < -0.3 is 25.1 Å². The summed E-state index contributed by atoms with van der Waals surface area (Å²) in [5.41, 5.74) is 9.42. The highest BCUT2D eigenvalue weighted by atomic mass is 16.6. The molecule has 0 bridgehead atoms. The van der Waals surface area contributed by atoms with Crippen LogP contribution in [-0.2, 0) is 21.4 Å². The van der Waals surface area contributed by atoms with Crippen molar-refractivity contribution < 1.29 is 24.1 Å². The smallest absolute Gasteiger partial charge is 0.337 e. The van der Waals surface area contributed by atoms with Gasteiger partial charge in [-0.1, -0.05) is 57.2 Å². The number of aliphatic hydroxyl groups excluding tert-OH is 1. The minimum Gasteiger partial charge on any atom is -0.496 e. The molecule has 0 saturated heterocycles. The van der Waals surface area contributed by atoms with Gasteiger partial charge in [-0.25, -0.2) is 4.79 Å². The van der Waals surface area contributed by atoms with E-state index in [0.29, 0.717) is 12.0 Å². The molecule has 188 valence electrons. The highest BCUT2D eigenvalue weighted by Gasteiger charge is 2.57. The van der Waals surface area contributed by atoms with E-state index in [4.69, 9.17) is 19.9 Å². The van der Waals surface area contributed by atoms with Crippen molar-refractivity contribution >= 4 is 5.97 Å². The molecule has 3 N–H and O–H groups in total. The molecule has 1 unspecified atom stereocenters. The van der Waals surface area contributed by atoms with E-state index in [1.807, 2.05) is 37.3 Å². The fraction of sp³-hybridized carbons (Fsp3) is 0.483. The normalized spacial score (nSPS) is 26.5. The molecule has 0 radical (unpaired) electrons. The van der Waals surface area contributed by atoms with E-state index in [1.54, 1.807) is 26.4 Å². The molecule has 0 aromatic heterocycles. The molecule has 0 spiro atoms. The number of nitrogens with two attached hydrogens (primary N) is 1. The maximum Gasteiger partial charge on any atom is 0.337 e. The summed E-state index contributed by atoms with van der Waals surface area (Å²) in [6.45, 7) is 8.63. The Kier molecular flexibility index (Phi) is 6.73. The van der Waals surface area contributed by atoms with Gasteiger partial charge in [0.1, 0.15) is 17.6 Å². The van der Waals surface area contributed by atoms with Crippen molar-refractivity contribution in [2.24, 2.45) is 17.1 Å². The first-order valence-corrected chi connectivity index (χ1v) is 12.2. The zero-order valence-corrected chi connectivity index (χ0v) is 21.5. The standard InChI is InChI=1S/C29H37NO5/c1-17-12-15-22-28(2,3)23-19(20(33-5)13-14-21(23)34-6)16-29(22,4)26(17)35-27(32)25(31)24(30)18-10-8-7-9-11-18/h7-14,22,24-26,31H,15-16,30H2,1-6H3/t22-,24-,25+,26?,29-/m0/s1. The lowest BCUT2D eigenvalue weighted by Crippen LogP contribution is -2.56. The minimum absolute atomic E-state index is 0.171. The average Bonchev–Trinajstić information content (AvgIpc) is 2.84. The largest absolute Gasteiger partial charge is 0.496 e. The van der Waals surface area contributed by atoms with Gasteiger partial charge in [-0.2, -0.15) is 0 Å². The SMILES string of the molecule is COc1ccc(OC)c2c1C[C@]1(C)C(OC(=O)[C@H](O)[C@@H](N)c3ccccc3)C(C)=CC[C@H]1C2(C)C. The van der Waals surface area contributed by atoms with Crippen LogP contribution in [0.4, 0.5) is 0 Å². The van der Waals surface area contributed by atoms with Gasteiger partial charge in [-0.3, -0.25) is 0 Å². The van der Waals surface area contributed by atoms with Gasteiger partial charge in [-0.15, -0.1) is 0 Å². The number of fused-ring (bicyclic) bond motifs is 2. The Morgan fingerprint density at radius 1 is 1.06 bits per heavy atom. The summed E-state index contributed by atoms with van der Waals surface area (Å²) in [5.74, 6) is 1.11. The van der Waals surface area contributed by atoms with Crippen molar-refractivity contribution in [3.63, 3.8) is 0 Å². The summed E-state index contributed by atoms with van der Waals surface area (Å²) in [7, 11) is 3.37. The molecule has 0 aliphatic heterocycles. The zero-order valence-electron chi connectivity index (χ0n) is 21.5. The van der Waals surface area contributed by atoms with E-state index in [2.05, 4.69) is 26.8 Å². The average molecular weight is 480 g/mol. The topological polar surface area (TPSA) is 91.0 Å². The third kappa shape index (κ3) is 4.13. The van der Waals surface area contributed by atoms with Crippen LogP contribution in [0.25, 0.3) is 0 Å². The molecule has 0 heterocycles. The summed E-state index contributed by atoms with van der Waals surface area (Å²) in [6, 6.07) is 12.1. The highest BCUT2D eigenvalue weighted by molar-refractivity contribution is 5.76. The van der Waals surface area contributed by atoms with Gasteiger partial charge in [0.2, 0.25) is 0 Å². The van der Waals surface area contributed by atoms with E-state index in [1.165, 1.54) is 0 Å². The molecule has 2 aromatic rings. The third-order valence-electron chi connectivity index (χ3n) is 8.23. The van der Waals surface area contributed by atoms with Crippen molar-refractivity contribution in [1.82, 2.24) is 0 Å². The summed E-state index contributed by atoms with van der Waals surface area (Å²) in [4.78, 5) is 13.2. The van der Waals surface area contributed by atoms with Crippen LogP contribution < -0.4 is 15.2 Å². The van der Waals surface area contributed by atoms with Gasteiger partial charge >= 0.3 is 5.97 Å². The molecule has 4 rings (SSSR count). The van der Waals surface area contributed by atoms with E-state index in [-0.39, 0.29) is 11.3 Å². The quantitative estimate of drug-likeness (QED) is 0.469. The second-order valence-corrected chi connectivity index (χ2v) is 10.7. The first-order chi connectivity index (χ1) is 16.6. The van der Waals surface area contributed by atoms with Crippen LogP contribution >= 0.6 is 0 Å². The molecule has 0 fully saturated rings. The second-order valence-electron chi connectivity index (χ2n) is 10.7. The number of methoxy groups -OCH3 is 2. The number of hydrogen-bond donors (Lipinski definition) is 2. The lowest BCUT2D eigenvalue weighted by molar-refractivity contribution is -0.169. The first-order valence-electron chi connectivity index (χ1n) is 12.2. The van der Waals surface area contributed by atoms with Crippen LogP contribution in [0.15, 0.2) is 54.1 Å². The number of carbonyl (C=O) groups is 1. The Morgan fingerprint density at radius 2 is 1.69 bits per heavy atom. The van der Waals surface area contributed by atoms with Gasteiger partial charge in [0, 0.05) is 16.5 Å². The fourth-order valence-corrected chi connectivity index (χ4v) is 6.54. The number of rotatable bonds is 6. The number of hydrogen-bond acceptors (Lipinski definition) is 6. The minimum atomic E-state index is -1.47. The molecular formula is C29H37NO5. The van der Waals surface area contributed by atoms with E-state index in [0.717, 1.165) is 34.6 Å². The predicted octanol–water partition coefficient (Wildman–Crippen LogP) is 4.48. The van der Waals surface area contributed by atoms with Gasteiger partial charge in [0.25, 0.3) is 0 Å². The molecule has 5 atom stereocenters. The Labute approximate surface area is 208 Å². The molecule has 2 aliphatic rings. The predicted molar refractivity (Wildman–Crippen MR) is 136 cm³/mol. The van der Waals surface area contributed by atoms with Crippen LogP contribution in [0.1, 0.15) is 56.8 Å². The van der Waals surface area contributed by atoms with Crippen molar-refractivity contribution in [2.75, 3.05) is 14.2 Å². The lowest BCUT2D eigenvalue weighted by Gasteiger charge is -2.56. The summed E-state index contributed by atoms with van der Waals surface area (Å²) in [6.07, 6.45) is 1.70. The Hall–Kier alpha value is -2.83. The van der Waals surface area contributed by atoms with E-state index < -0.39 is 29.6 Å². The molecule has 6 nitrogen and oxygen atoms in total. The molecule has 2 aromatic carbocycles. The van der Waals surface area contributed by atoms with E-state index >= 15 is 0 Å².